The minimum Gasteiger partial charge on any atom is -0.492 e. The standard InChI is InChI=1S/C37H40O6Si/c1-36(2,3)44(28-14-7-5-8-15-28,29-16-9-6-10-17-29)41-23-27-19-26-20-30-32(38)22-37(21-25-13-11-12-18-33(25)42-37)43-35(30)34(39-4)31(26)24-40-27/h5-18,20,27,32,38H,19,21-24H2,1-4H3. The molecule has 0 saturated heterocycles. The Balaban J connectivity index is 1.18. The van der Waals surface area contributed by atoms with Crippen LogP contribution in [-0.2, 0) is 28.6 Å². The third kappa shape index (κ3) is 4.83. The molecule has 0 aromatic heterocycles. The molecule has 0 fully saturated rings. The Morgan fingerprint density at radius 3 is 2.18 bits per heavy atom. The third-order valence-electron chi connectivity index (χ3n) is 9.36. The molecule has 0 radical (unpaired) electrons. The van der Waals surface area contributed by atoms with Crippen LogP contribution in [0.1, 0.15) is 55.5 Å². The van der Waals surface area contributed by atoms with E-state index < -0.39 is 20.2 Å². The maximum Gasteiger partial charge on any atom is 0.261 e. The van der Waals surface area contributed by atoms with Crippen LogP contribution in [0.5, 0.6) is 17.2 Å². The fraction of sp³-hybridized carbons (Fsp3) is 0.351. The zero-order valence-corrected chi connectivity index (χ0v) is 26.8. The van der Waals surface area contributed by atoms with Crippen molar-refractivity contribution < 1.29 is 28.5 Å². The number of para-hydroxylation sites is 1. The molecular weight excluding hydrogens is 568 g/mol. The number of hydrogen-bond acceptors (Lipinski definition) is 6. The average Bonchev–Trinajstić information content (AvgIpc) is 3.38. The van der Waals surface area contributed by atoms with Gasteiger partial charge in [-0.15, -0.1) is 0 Å². The number of aliphatic hydroxyl groups excluding tert-OH is 1. The Hall–Kier alpha value is -3.62. The predicted octanol–water partition coefficient (Wildman–Crippen LogP) is 5.86. The van der Waals surface area contributed by atoms with Crippen LogP contribution in [-0.4, -0.2) is 39.0 Å². The summed E-state index contributed by atoms with van der Waals surface area (Å²) in [5.74, 6) is 0.997. The van der Waals surface area contributed by atoms with Crippen LogP contribution in [0.4, 0.5) is 0 Å². The first-order chi connectivity index (χ1) is 21.2. The molecule has 0 saturated carbocycles. The molecule has 4 aromatic carbocycles. The fourth-order valence-corrected chi connectivity index (χ4v) is 11.9. The number of rotatable bonds is 6. The van der Waals surface area contributed by atoms with Crippen LogP contribution in [0.25, 0.3) is 0 Å². The monoisotopic (exact) mass is 608 g/mol. The van der Waals surface area contributed by atoms with Gasteiger partial charge in [0.25, 0.3) is 14.1 Å². The van der Waals surface area contributed by atoms with Gasteiger partial charge in [0, 0.05) is 23.1 Å². The summed E-state index contributed by atoms with van der Waals surface area (Å²) in [6, 6.07) is 31.4. The van der Waals surface area contributed by atoms with E-state index in [0.717, 1.165) is 28.0 Å². The van der Waals surface area contributed by atoms with Crippen LogP contribution < -0.4 is 24.6 Å². The molecule has 1 spiro atoms. The summed E-state index contributed by atoms with van der Waals surface area (Å²) < 4.78 is 32.5. The van der Waals surface area contributed by atoms with Gasteiger partial charge in [-0.3, -0.25) is 0 Å². The molecule has 6 nitrogen and oxygen atoms in total. The first kappa shape index (κ1) is 29.1. The second-order valence-corrected chi connectivity index (χ2v) is 17.5. The lowest BCUT2D eigenvalue weighted by molar-refractivity contribution is -0.139. The van der Waals surface area contributed by atoms with Crippen molar-refractivity contribution >= 4 is 18.7 Å². The molecular formula is C37H40O6Si. The molecule has 228 valence electrons. The molecule has 3 aliphatic heterocycles. The van der Waals surface area contributed by atoms with Gasteiger partial charge in [0.1, 0.15) is 5.75 Å². The lowest BCUT2D eigenvalue weighted by atomic mass is 9.88. The van der Waals surface area contributed by atoms with Crippen LogP contribution in [0, 0.1) is 0 Å². The van der Waals surface area contributed by atoms with Gasteiger partial charge in [0.2, 0.25) is 0 Å². The quantitative estimate of drug-likeness (QED) is 0.277. The summed E-state index contributed by atoms with van der Waals surface area (Å²) in [7, 11) is -1.05. The Bertz CT molecular complexity index is 1580. The normalized spacial score (nSPS) is 22.4. The second kappa shape index (κ2) is 11.1. The Morgan fingerprint density at radius 1 is 0.886 bits per heavy atom. The van der Waals surface area contributed by atoms with Crippen molar-refractivity contribution in [1.29, 1.82) is 0 Å². The molecule has 3 atom stereocenters. The van der Waals surface area contributed by atoms with E-state index in [4.69, 9.17) is 23.4 Å². The molecule has 3 heterocycles. The van der Waals surface area contributed by atoms with Gasteiger partial charge in [-0.1, -0.05) is 99.6 Å². The SMILES string of the molecule is COc1c2c(cc3c1OC1(Cc4ccccc4O1)CC3O)CC(CO[Si](c1ccccc1)(c1ccccc1)C(C)(C)C)OC2. The van der Waals surface area contributed by atoms with Crippen molar-refractivity contribution in [3.05, 3.63) is 113 Å². The van der Waals surface area contributed by atoms with Crippen LogP contribution in [0.2, 0.25) is 5.04 Å². The Labute approximate surface area is 260 Å². The summed E-state index contributed by atoms with van der Waals surface area (Å²) in [4.78, 5) is 0. The van der Waals surface area contributed by atoms with Crippen molar-refractivity contribution in [2.45, 2.75) is 69.7 Å². The van der Waals surface area contributed by atoms with Crippen LogP contribution in [0.15, 0.2) is 91.0 Å². The van der Waals surface area contributed by atoms with E-state index in [1.807, 2.05) is 24.3 Å². The average molecular weight is 609 g/mol. The van der Waals surface area contributed by atoms with Gasteiger partial charge >= 0.3 is 0 Å². The summed E-state index contributed by atoms with van der Waals surface area (Å²) in [5.41, 5.74) is 3.86. The van der Waals surface area contributed by atoms with E-state index >= 15 is 0 Å². The lowest BCUT2D eigenvalue weighted by Gasteiger charge is -2.44. The van der Waals surface area contributed by atoms with E-state index in [-0.39, 0.29) is 11.1 Å². The number of benzene rings is 4. The summed E-state index contributed by atoms with van der Waals surface area (Å²) in [5, 5.41) is 13.8. The number of methoxy groups -OCH3 is 1. The molecule has 44 heavy (non-hydrogen) atoms. The summed E-state index contributed by atoms with van der Waals surface area (Å²) >= 11 is 0. The Morgan fingerprint density at radius 2 is 1.55 bits per heavy atom. The van der Waals surface area contributed by atoms with Gasteiger partial charge < -0.3 is 28.5 Å². The number of ether oxygens (including phenoxy) is 4. The van der Waals surface area contributed by atoms with Gasteiger partial charge in [0.15, 0.2) is 11.5 Å². The molecule has 1 N–H and O–H groups in total. The van der Waals surface area contributed by atoms with Crippen molar-refractivity contribution in [3.8, 4) is 17.2 Å². The maximum absolute atomic E-state index is 11.4. The van der Waals surface area contributed by atoms with E-state index in [0.29, 0.717) is 44.0 Å². The van der Waals surface area contributed by atoms with E-state index in [2.05, 4.69) is 87.5 Å². The molecule has 7 rings (SSSR count). The number of fused-ring (bicyclic) bond motifs is 3. The van der Waals surface area contributed by atoms with Gasteiger partial charge in [0.05, 0.1) is 45.4 Å². The molecule has 0 amide bonds. The maximum atomic E-state index is 11.4. The van der Waals surface area contributed by atoms with Crippen LogP contribution >= 0.6 is 0 Å². The highest BCUT2D eigenvalue weighted by molar-refractivity contribution is 6.99. The van der Waals surface area contributed by atoms with E-state index in [1.54, 1.807) is 7.11 Å². The molecule has 7 heteroatoms. The first-order valence-corrected chi connectivity index (χ1v) is 17.4. The minimum absolute atomic E-state index is 0.121. The van der Waals surface area contributed by atoms with Crippen molar-refractivity contribution in [3.63, 3.8) is 0 Å². The zero-order valence-electron chi connectivity index (χ0n) is 25.8. The largest absolute Gasteiger partial charge is 0.492 e. The highest BCUT2D eigenvalue weighted by Gasteiger charge is 2.51. The van der Waals surface area contributed by atoms with Gasteiger partial charge in [-0.25, -0.2) is 0 Å². The zero-order chi connectivity index (χ0) is 30.5. The molecule has 3 aliphatic rings. The van der Waals surface area contributed by atoms with Crippen molar-refractivity contribution in [2.24, 2.45) is 0 Å². The third-order valence-corrected chi connectivity index (χ3v) is 14.4. The fourth-order valence-electron chi connectivity index (χ4n) is 7.33. The molecule has 3 unspecified atom stereocenters. The van der Waals surface area contributed by atoms with E-state index in [9.17, 15) is 5.11 Å². The first-order valence-electron chi connectivity index (χ1n) is 15.5. The summed E-state index contributed by atoms with van der Waals surface area (Å²) in [6.45, 7) is 7.69. The topological polar surface area (TPSA) is 66.4 Å². The minimum atomic E-state index is -2.70. The molecule has 0 bridgehead atoms. The van der Waals surface area contributed by atoms with Gasteiger partial charge in [-0.05, 0) is 33.1 Å². The van der Waals surface area contributed by atoms with Crippen molar-refractivity contribution in [2.75, 3.05) is 13.7 Å². The van der Waals surface area contributed by atoms with E-state index in [1.165, 1.54) is 10.4 Å². The highest BCUT2D eigenvalue weighted by Crippen LogP contribution is 2.52. The second-order valence-electron chi connectivity index (χ2n) is 13.2. The van der Waals surface area contributed by atoms with Crippen LogP contribution in [0.3, 0.4) is 0 Å². The lowest BCUT2D eigenvalue weighted by Crippen LogP contribution is -2.67. The molecule has 4 aromatic rings. The predicted molar refractivity (Wildman–Crippen MR) is 173 cm³/mol. The number of hydrogen-bond donors (Lipinski definition) is 1. The molecule has 0 aliphatic carbocycles. The van der Waals surface area contributed by atoms with Gasteiger partial charge in [-0.2, -0.15) is 0 Å². The Kier molecular flexibility index (Phi) is 7.32. The highest BCUT2D eigenvalue weighted by atomic mass is 28.4. The summed E-state index contributed by atoms with van der Waals surface area (Å²) in [6.07, 6.45) is 0.664. The smallest absolute Gasteiger partial charge is 0.261 e. The van der Waals surface area contributed by atoms with Crippen molar-refractivity contribution in [1.82, 2.24) is 0 Å². The number of aliphatic hydroxyl groups is 1.